The van der Waals surface area contributed by atoms with E-state index in [1.807, 2.05) is 94.4 Å². The number of aryl methyl sites for hydroxylation is 3. The molecule has 4 aromatic carbocycles. The fraction of sp³-hybridized carbons (Fsp3) is 0.297. The number of halogens is 1. The molecule has 0 fully saturated rings. The lowest BCUT2D eigenvalue weighted by Crippen LogP contribution is -2.53. The lowest BCUT2D eigenvalue weighted by Gasteiger charge is -2.34. The van der Waals surface area contributed by atoms with Crippen molar-refractivity contribution < 1.29 is 18.0 Å². The van der Waals surface area contributed by atoms with Gasteiger partial charge in [0.25, 0.3) is 10.0 Å². The molecule has 0 saturated heterocycles. The zero-order chi connectivity index (χ0) is 33.3. The molecule has 0 aliphatic rings. The van der Waals surface area contributed by atoms with E-state index in [2.05, 4.69) is 21.2 Å². The van der Waals surface area contributed by atoms with Crippen LogP contribution < -0.4 is 9.62 Å². The molecule has 46 heavy (non-hydrogen) atoms. The summed E-state index contributed by atoms with van der Waals surface area (Å²) in [6.07, 6.45) is 1.98. The summed E-state index contributed by atoms with van der Waals surface area (Å²) in [7, 11) is -4.16. The minimum atomic E-state index is -4.16. The first-order chi connectivity index (χ1) is 22.0. The first-order valence-corrected chi connectivity index (χ1v) is 17.7. The molecular weight excluding hydrogens is 662 g/mol. The monoisotopic (exact) mass is 703 g/mol. The maximum Gasteiger partial charge on any atom is 0.264 e. The van der Waals surface area contributed by atoms with Crippen LogP contribution in [-0.2, 0) is 32.6 Å². The summed E-state index contributed by atoms with van der Waals surface area (Å²) in [5, 5.41) is 3.03. The third kappa shape index (κ3) is 9.07. The molecule has 0 aliphatic carbocycles. The Morgan fingerprint density at radius 2 is 1.50 bits per heavy atom. The van der Waals surface area contributed by atoms with Crippen LogP contribution in [0.15, 0.2) is 106 Å². The summed E-state index contributed by atoms with van der Waals surface area (Å²) in [5.41, 5.74) is 4.62. The van der Waals surface area contributed by atoms with E-state index in [4.69, 9.17) is 0 Å². The zero-order valence-corrected chi connectivity index (χ0v) is 29.3. The van der Waals surface area contributed by atoms with Crippen molar-refractivity contribution in [1.82, 2.24) is 10.2 Å². The minimum Gasteiger partial charge on any atom is -0.354 e. The summed E-state index contributed by atoms with van der Waals surface area (Å²) >= 11 is 3.52. The first-order valence-electron chi connectivity index (χ1n) is 15.5. The van der Waals surface area contributed by atoms with Crippen molar-refractivity contribution in [2.24, 2.45) is 0 Å². The van der Waals surface area contributed by atoms with Crippen LogP contribution in [-0.4, -0.2) is 44.3 Å². The number of hydrogen-bond acceptors (Lipinski definition) is 4. The van der Waals surface area contributed by atoms with Crippen LogP contribution in [0.1, 0.15) is 47.6 Å². The number of benzene rings is 4. The van der Waals surface area contributed by atoms with Crippen LogP contribution in [0.3, 0.4) is 0 Å². The van der Waals surface area contributed by atoms with Gasteiger partial charge in [-0.2, -0.15) is 0 Å². The fourth-order valence-electron chi connectivity index (χ4n) is 5.23. The van der Waals surface area contributed by atoms with Gasteiger partial charge in [-0.25, -0.2) is 8.42 Å². The zero-order valence-electron chi connectivity index (χ0n) is 26.9. The molecule has 4 rings (SSSR count). The van der Waals surface area contributed by atoms with E-state index in [1.165, 1.54) is 9.21 Å². The third-order valence-corrected chi connectivity index (χ3v) is 10.1. The van der Waals surface area contributed by atoms with Crippen LogP contribution in [0.2, 0.25) is 0 Å². The molecule has 1 unspecified atom stereocenters. The minimum absolute atomic E-state index is 0.0866. The van der Waals surface area contributed by atoms with Crippen molar-refractivity contribution in [2.75, 3.05) is 17.4 Å². The fourth-order valence-corrected chi connectivity index (χ4v) is 7.15. The van der Waals surface area contributed by atoms with Gasteiger partial charge in [0.1, 0.15) is 12.6 Å². The predicted molar refractivity (Wildman–Crippen MR) is 188 cm³/mol. The highest BCUT2D eigenvalue weighted by atomic mass is 79.9. The average molecular weight is 705 g/mol. The van der Waals surface area contributed by atoms with Crippen molar-refractivity contribution >= 4 is 43.5 Å². The molecule has 242 valence electrons. The molecule has 0 saturated carbocycles. The smallest absolute Gasteiger partial charge is 0.264 e. The number of carbonyl (C=O) groups is 2. The molecule has 7 nitrogen and oxygen atoms in total. The highest BCUT2D eigenvalue weighted by Gasteiger charge is 2.35. The van der Waals surface area contributed by atoms with E-state index < -0.39 is 28.5 Å². The van der Waals surface area contributed by atoms with Gasteiger partial charge >= 0.3 is 0 Å². The number of anilines is 1. The molecule has 1 atom stereocenters. The topological polar surface area (TPSA) is 86.8 Å². The van der Waals surface area contributed by atoms with Crippen molar-refractivity contribution in [1.29, 1.82) is 0 Å². The van der Waals surface area contributed by atoms with Gasteiger partial charge in [0.2, 0.25) is 11.8 Å². The Kier molecular flexibility index (Phi) is 12.2. The van der Waals surface area contributed by atoms with Crippen LogP contribution in [0, 0.1) is 20.8 Å². The maximum atomic E-state index is 14.6. The van der Waals surface area contributed by atoms with E-state index >= 15 is 0 Å². The molecular formula is C37H42BrN3O4S. The Labute approximate surface area is 281 Å². The van der Waals surface area contributed by atoms with Crippen molar-refractivity contribution in [3.63, 3.8) is 0 Å². The van der Waals surface area contributed by atoms with E-state index in [0.717, 1.165) is 39.6 Å². The van der Waals surface area contributed by atoms with E-state index in [-0.39, 0.29) is 23.8 Å². The van der Waals surface area contributed by atoms with Crippen molar-refractivity contribution in [3.05, 3.63) is 129 Å². The SMILES string of the molecule is CCCCNC(=O)C(Cc1ccccc1)N(Cc1cccc(Br)c1)C(=O)CN(c1cc(C)ccc1C)S(=O)(=O)c1ccc(C)cc1. The summed E-state index contributed by atoms with van der Waals surface area (Å²) < 4.78 is 30.6. The third-order valence-electron chi connectivity index (χ3n) is 7.86. The Morgan fingerprint density at radius 3 is 2.17 bits per heavy atom. The van der Waals surface area contributed by atoms with Crippen molar-refractivity contribution in [2.45, 2.75) is 64.4 Å². The standard InChI is InChI=1S/C37H42BrN3O4S/c1-5-6-21-39-37(43)35(24-30-11-8-7-9-12-30)40(25-31-13-10-14-32(38)23-31)36(42)26-41(34-22-28(3)15-18-29(34)4)46(44,45)33-19-16-27(2)17-20-33/h7-20,22-23,35H,5-6,21,24-26H2,1-4H3,(H,39,43). The highest BCUT2D eigenvalue weighted by molar-refractivity contribution is 9.10. The normalized spacial score (nSPS) is 11.9. The Morgan fingerprint density at radius 1 is 0.826 bits per heavy atom. The van der Waals surface area contributed by atoms with Crippen molar-refractivity contribution in [3.8, 4) is 0 Å². The van der Waals surface area contributed by atoms with Gasteiger partial charge in [-0.1, -0.05) is 102 Å². The van der Waals surface area contributed by atoms with Gasteiger partial charge in [0, 0.05) is 24.0 Å². The number of rotatable bonds is 14. The largest absolute Gasteiger partial charge is 0.354 e. The number of hydrogen-bond donors (Lipinski definition) is 1. The first kappa shape index (κ1) is 34.9. The molecule has 1 N–H and O–H groups in total. The summed E-state index contributed by atoms with van der Waals surface area (Å²) in [6, 6.07) is 28.4. The Bertz CT molecular complexity index is 1740. The van der Waals surface area contributed by atoms with Crippen LogP contribution in [0.4, 0.5) is 5.69 Å². The van der Waals surface area contributed by atoms with Crippen LogP contribution in [0.25, 0.3) is 0 Å². The number of carbonyl (C=O) groups excluding carboxylic acids is 2. The van der Waals surface area contributed by atoms with Gasteiger partial charge in [0.15, 0.2) is 0 Å². The number of nitrogens with one attached hydrogen (secondary N) is 1. The second-order valence-corrected chi connectivity index (χ2v) is 14.4. The van der Waals surface area contributed by atoms with Gasteiger partial charge in [-0.15, -0.1) is 0 Å². The molecule has 0 heterocycles. The van der Waals surface area contributed by atoms with E-state index in [1.54, 1.807) is 30.3 Å². The Hall–Kier alpha value is -3.95. The van der Waals surface area contributed by atoms with Gasteiger partial charge in [-0.05, 0) is 79.8 Å². The van der Waals surface area contributed by atoms with E-state index in [0.29, 0.717) is 17.8 Å². The summed E-state index contributed by atoms with van der Waals surface area (Å²) in [4.78, 5) is 30.1. The molecule has 0 radical (unpaired) electrons. The number of amides is 2. The lowest BCUT2D eigenvalue weighted by molar-refractivity contribution is -0.140. The summed E-state index contributed by atoms with van der Waals surface area (Å²) in [6.45, 7) is 7.76. The molecule has 4 aromatic rings. The number of unbranched alkanes of at least 4 members (excludes halogenated alkanes) is 1. The second-order valence-electron chi connectivity index (χ2n) is 11.6. The van der Waals surface area contributed by atoms with Gasteiger partial charge < -0.3 is 10.2 Å². The number of nitrogens with zero attached hydrogens (tertiary/aromatic N) is 2. The molecule has 2 amide bonds. The second kappa shape index (κ2) is 16.1. The maximum absolute atomic E-state index is 14.6. The summed E-state index contributed by atoms with van der Waals surface area (Å²) in [5.74, 6) is -0.761. The lowest BCUT2D eigenvalue weighted by atomic mass is 10.0. The molecule has 9 heteroatoms. The highest BCUT2D eigenvalue weighted by Crippen LogP contribution is 2.29. The van der Waals surface area contributed by atoms with Crippen LogP contribution in [0.5, 0.6) is 0 Å². The average Bonchev–Trinajstić information content (AvgIpc) is 3.03. The predicted octanol–water partition coefficient (Wildman–Crippen LogP) is 7.13. The van der Waals surface area contributed by atoms with Gasteiger partial charge in [-0.3, -0.25) is 13.9 Å². The molecule has 0 bridgehead atoms. The van der Waals surface area contributed by atoms with E-state index in [9.17, 15) is 18.0 Å². The quantitative estimate of drug-likeness (QED) is 0.142. The Balaban J connectivity index is 1.82. The molecule has 0 aliphatic heterocycles. The molecule has 0 spiro atoms. The molecule has 0 aromatic heterocycles. The number of sulfonamides is 1. The van der Waals surface area contributed by atoms with Gasteiger partial charge in [0.05, 0.1) is 10.6 Å². The van der Waals surface area contributed by atoms with Crippen LogP contribution >= 0.6 is 15.9 Å².